The minimum Gasteiger partial charge on any atom is -0.480 e. The van der Waals surface area contributed by atoms with Crippen LogP contribution in [0.1, 0.15) is 61.0 Å². The highest BCUT2D eigenvalue weighted by atomic mass is 16.5. The lowest BCUT2D eigenvalue weighted by Gasteiger charge is -2.21. The summed E-state index contributed by atoms with van der Waals surface area (Å²) < 4.78 is 5.98. The monoisotopic (exact) mass is 368 g/mol. The highest BCUT2D eigenvalue weighted by molar-refractivity contribution is 5.97. The molecular weight excluding hydrogens is 340 g/mol. The van der Waals surface area contributed by atoms with Gasteiger partial charge in [0.2, 0.25) is 0 Å². The molecule has 0 aliphatic heterocycles. The Morgan fingerprint density at radius 3 is 2.30 bits per heavy atom. The number of hydrazine groups is 1. The zero-order valence-corrected chi connectivity index (χ0v) is 16.4. The van der Waals surface area contributed by atoms with Crippen molar-refractivity contribution in [3.05, 3.63) is 65.2 Å². The van der Waals surface area contributed by atoms with E-state index in [0.717, 1.165) is 17.5 Å². The Labute approximate surface area is 161 Å². The van der Waals surface area contributed by atoms with Crippen LogP contribution < -0.4 is 15.6 Å². The molecule has 5 heteroatoms. The van der Waals surface area contributed by atoms with Gasteiger partial charge in [0.15, 0.2) is 6.10 Å². The first-order valence-corrected chi connectivity index (χ1v) is 9.39. The number of amides is 2. The molecular formula is C22H28N2O3. The van der Waals surface area contributed by atoms with E-state index >= 15 is 0 Å². The predicted octanol–water partition coefficient (Wildman–Crippen LogP) is 4.13. The van der Waals surface area contributed by atoms with Crippen molar-refractivity contribution in [2.75, 3.05) is 0 Å². The molecule has 2 aromatic rings. The van der Waals surface area contributed by atoms with E-state index in [1.54, 1.807) is 12.1 Å². The molecule has 0 bridgehead atoms. The molecule has 0 aliphatic carbocycles. The van der Waals surface area contributed by atoms with Crippen molar-refractivity contribution in [3.63, 3.8) is 0 Å². The standard InChI is InChI=1S/C22H28N2O3/c1-5-15(3)17-12-9-10-14-20(17)27-19(6-2)22(26)24-23-21(25)18-13-8-7-11-16(18)4/h7-15,19H,5-6H2,1-4H3,(H,23,25)(H,24,26). The third-order valence-corrected chi connectivity index (χ3v) is 4.68. The van der Waals surface area contributed by atoms with Crippen molar-refractivity contribution < 1.29 is 14.3 Å². The van der Waals surface area contributed by atoms with Crippen molar-refractivity contribution in [2.24, 2.45) is 0 Å². The molecule has 2 rings (SSSR count). The minimum atomic E-state index is -0.688. The molecule has 0 aliphatic rings. The van der Waals surface area contributed by atoms with Gasteiger partial charge in [-0.1, -0.05) is 57.2 Å². The molecule has 0 saturated heterocycles. The molecule has 2 N–H and O–H groups in total. The second-order valence-electron chi connectivity index (χ2n) is 6.62. The number of carbonyl (C=O) groups excluding carboxylic acids is 2. The van der Waals surface area contributed by atoms with E-state index < -0.39 is 6.10 Å². The van der Waals surface area contributed by atoms with Crippen LogP contribution in [0, 0.1) is 6.92 Å². The van der Waals surface area contributed by atoms with Crippen molar-refractivity contribution >= 4 is 11.8 Å². The first kappa shape index (κ1) is 20.5. The van der Waals surface area contributed by atoms with E-state index in [1.807, 2.05) is 50.2 Å². The Hall–Kier alpha value is -2.82. The topological polar surface area (TPSA) is 67.4 Å². The number of hydrogen-bond donors (Lipinski definition) is 2. The summed E-state index contributed by atoms with van der Waals surface area (Å²) in [5.74, 6) is 0.316. The molecule has 0 radical (unpaired) electrons. The van der Waals surface area contributed by atoms with Gasteiger partial charge < -0.3 is 4.74 Å². The van der Waals surface area contributed by atoms with E-state index in [9.17, 15) is 9.59 Å². The third kappa shape index (κ3) is 5.33. The summed E-state index contributed by atoms with van der Waals surface area (Å²) in [7, 11) is 0. The zero-order chi connectivity index (χ0) is 19.8. The number of benzene rings is 2. The summed E-state index contributed by atoms with van der Waals surface area (Å²) in [4.78, 5) is 24.8. The number of ether oxygens (including phenoxy) is 1. The lowest BCUT2D eigenvalue weighted by molar-refractivity contribution is -0.128. The normalized spacial score (nSPS) is 12.7. The second-order valence-corrected chi connectivity index (χ2v) is 6.62. The number of carbonyl (C=O) groups is 2. The fourth-order valence-electron chi connectivity index (χ4n) is 2.78. The Morgan fingerprint density at radius 2 is 1.63 bits per heavy atom. The van der Waals surface area contributed by atoms with Gasteiger partial charge in [0.05, 0.1) is 0 Å². The van der Waals surface area contributed by atoms with Crippen LogP contribution in [0.4, 0.5) is 0 Å². The van der Waals surface area contributed by atoms with E-state index in [-0.39, 0.29) is 11.8 Å². The van der Waals surface area contributed by atoms with Crippen molar-refractivity contribution in [2.45, 2.75) is 52.6 Å². The van der Waals surface area contributed by atoms with Crippen LogP contribution in [-0.4, -0.2) is 17.9 Å². The Balaban J connectivity index is 2.02. The van der Waals surface area contributed by atoms with Gasteiger partial charge in [0.1, 0.15) is 5.75 Å². The maximum atomic E-state index is 12.5. The molecule has 0 heterocycles. The molecule has 0 aromatic heterocycles. The van der Waals surface area contributed by atoms with Crippen LogP contribution in [0.15, 0.2) is 48.5 Å². The highest BCUT2D eigenvalue weighted by Crippen LogP contribution is 2.29. The van der Waals surface area contributed by atoms with Crippen LogP contribution in [0.5, 0.6) is 5.75 Å². The van der Waals surface area contributed by atoms with E-state index in [2.05, 4.69) is 24.7 Å². The van der Waals surface area contributed by atoms with Crippen molar-refractivity contribution in [3.8, 4) is 5.75 Å². The summed E-state index contributed by atoms with van der Waals surface area (Å²) in [6.45, 7) is 7.97. The lowest BCUT2D eigenvalue weighted by Crippen LogP contribution is -2.48. The maximum Gasteiger partial charge on any atom is 0.279 e. The Morgan fingerprint density at radius 1 is 0.963 bits per heavy atom. The van der Waals surface area contributed by atoms with Gasteiger partial charge in [0, 0.05) is 5.56 Å². The molecule has 0 spiro atoms. The molecule has 144 valence electrons. The fraction of sp³-hybridized carbons (Fsp3) is 0.364. The van der Waals surface area contributed by atoms with Crippen LogP contribution >= 0.6 is 0 Å². The van der Waals surface area contributed by atoms with Crippen LogP contribution in [0.25, 0.3) is 0 Å². The molecule has 0 saturated carbocycles. The van der Waals surface area contributed by atoms with E-state index in [4.69, 9.17) is 4.74 Å². The third-order valence-electron chi connectivity index (χ3n) is 4.68. The molecule has 2 unspecified atom stereocenters. The summed E-state index contributed by atoms with van der Waals surface area (Å²) >= 11 is 0. The van der Waals surface area contributed by atoms with Gasteiger partial charge >= 0.3 is 0 Å². The lowest BCUT2D eigenvalue weighted by atomic mass is 9.98. The van der Waals surface area contributed by atoms with Gasteiger partial charge in [-0.05, 0) is 48.9 Å². The first-order valence-electron chi connectivity index (χ1n) is 9.39. The summed E-state index contributed by atoms with van der Waals surface area (Å²) in [6.07, 6.45) is 0.781. The predicted molar refractivity (Wildman–Crippen MR) is 107 cm³/mol. The van der Waals surface area contributed by atoms with Gasteiger partial charge in [-0.2, -0.15) is 0 Å². The first-order chi connectivity index (χ1) is 13.0. The van der Waals surface area contributed by atoms with Gasteiger partial charge in [0.25, 0.3) is 11.8 Å². The minimum absolute atomic E-state index is 0.336. The smallest absolute Gasteiger partial charge is 0.279 e. The van der Waals surface area contributed by atoms with Crippen LogP contribution in [0.2, 0.25) is 0 Å². The number of hydrogen-bond acceptors (Lipinski definition) is 3. The molecule has 27 heavy (non-hydrogen) atoms. The molecule has 2 amide bonds. The molecule has 5 nitrogen and oxygen atoms in total. The zero-order valence-electron chi connectivity index (χ0n) is 16.4. The molecule has 2 atom stereocenters. The van der Waals surface area contributed by atoms with Crippen LogP contribution in [-0.2, 0) is 4.79 Å². The van der Waals surface area contributed by atoms with Gasteiger partial charge in [-0.25, -0.2) is 0 Å². The number of aryl methyl sites for hydroxylation is 1. The quantitative estimate of drug-likeness (QED) is 0.722. The van der Waals surface area contributed by atoms with Crippen molar-refractivity contribution in [1.29, 1.82) is 0 Å². The Kier molecular flexibility index (Phi) is 7.41. The summed E-state index contributed by atoms with van der Waals surface area (Å²) in [5.41, 5.74) is 7.39. The second kappa shape index (κ2) is 9.76. The largest absolute Gasteiger partial charge is 0.480 e. The molecule has 0 fully saturated rings. The van der Waals surface area contributed by atoms with Crippen LogP contribution in [0.3, 0.4) is 0 Å². The van der Waals surface area contributed by atoms with Gasteiger partial charge in [-0.3, -0.25) is 20.4 Å². The summed E-state index contributed by atoms with van der Waals surface area (Å²) in [5, 5.41) is 0. The maximum absolute atomic E-state index is 12.5. The SMILES string of the molecule is CCC(Oc1ccccc1C(C)CC)C(=O)NNC(=O)c1ccccc1C. The number of rotatable bonds is 7. The highest BCUT2D eigenvalue weighted by Gasteiger charge is 2.21. The number of nitrogens with one attached hydrogen (secondary N) is 2. The molecule has 2 aromatic carbocycles. The van der Waals surface area contributed by atoms with E-state index in [1.165, 1.54) is 0 Å². The average molecular weight is 368 g/mol. The van der Waals surface area contributed by atoms with Gasteiger partial charge in [-0.15, -0.1) is 0 Å². The Bertz CT molecular complexity index is 789. The van der Waals surface area contributed by atoms with Crippen molar-refractivity contribution in [1.82, 2.24) is 10.9 Å². The number of para-hydroxylation sites is 1. The average Bonchev–Trinajstić information content (AvgIpc) is 2.70. The van der Waals surface area contributed by atoms with E-state index in [0.29, 0.717) is 23.7 Å². The summed E-state index contributed by atoms with van der Waals surface area (Å²) in [6, 6.07) is 15.0. The fourth-order valence-corrected chi connectivity index (χ4v) is 2.78.